The minimum absolute atomic E-state index is 0.0104. The Kier molecular flexibility index (Phi) is 1.85. The zero-order valence-corrected chi connectivity index (χ0v) is 6.40. The second-order valence-electron chi connectivity index (χ2n) is 3.04. The molecule has 0 aliphatic carbocycles. The Morgan fingerprint density at radius 1 is 1.27 bits per heavy atom. The summed E-state index contributed by atoms with van der Waals surface area (Å²) in [5.41, 5.74) is 0. The van der Waals surface area contributed by atoms with Crippen molar-refractivity contribution in [3.8, 4) is 0 Å². The van der Waals surface area contributed by atoms with E-state index in [0.717, 1.165) is 0 Å². The van der Waals surface area contributed by atoms with Crippen molar-refractivity contribution in [1.29, 1.82) is 0 Å². The molecule has 2 aliphatic rings. The average molecular weight is 160 g/mol. The average Bonchev–Trinajstić information content (AvgIpc) is 2.45. The molecule has 2 saturated heterocycles. The third-order valence-corrected chi connectivity index (χ3v) is 2.31. The van der Waals surface area contributed by atoms with Gasteiger partial charge in [-0.25, -0.2) is 0 Å². The van der Waals surface area contributed by atoms with E-state index in [4.69, 9.17) is 14.2 Å². The number of ether oxygens (including phenoxy) is 3. The number of aliphatic hydroxyl groups excluding tert-OH is 1. The van der Waals surface area contributed by atoms with Gasteiger partial charge in [-0.2, -0.15) is 0 Å². The summed E-state index contributed by atoms with van der Waals surface area (Å²) >= 11 is 0. The van der Waals surface area contributed by atoms with Crippen LogP contribution in [0.15, 0.2) is 0 Å². The van der Waals surface area contributed by atoms with Gasteiger partial charge in [-0.3, -0.25) is 0 Å². The quantitative estimate of drug-likeness (QED) is 0.529. The molecule has 0 aromatic heterocycles. The van der Waals surface area contributed by atoms with Gasteiger partial charge in [0.1, 0.15) is 12.9 Å². The van der Waals surface area contributed by atoms with Crippen LogP contribution in [0.1, 0.15) is 6.92 Å². The maximum absolute atomic E-state index is 9.27. The summed E-state index contributed by atoms with van der Waals surface area (Å²) in [6, 6.07) is 0. The van der Waals surface area contributed by atoms with Crippen molar-refractivity contribution in [1.82, 2.24) is 0 Å². The molecule has 2 aliphatic heterocycles. The van der Waals surface area contributed by atoms with Crippen LogP contribution >= 0.6 is 0 Å². The van der Waals surface area contributed by atoms with Crippen LogP contribution in [0.2, 0.25) is 0 Å². The molecule has 0 spiro atoms. The van der Waals surface area contributed by atoms with Gasteiger partial charge in [0.05, 0.1) is 12.7 Å². The molecule has 2 heterocycles. The number of rotatable bonds is 0. The Balaban J connectivity index is 2.06. The summed E-state index contributed by atoms with van der Waals surface area (Å²) in [7, 11) is 0. The van der Waals surface area contributed by atoms with E-state index in [0.29, 0.717) is 13.4 Å². The van der Waals surface area contributed by atoms with Crippen molar-refractivity contribution in [2.24, 2.45) is 5.92 Å². The van der Waals surface area contributed by atoms with Crippen molar-refractivity contribution < 1.29 is 19.3 Å². The lowest BCUT2D eigenvalue weighted by atomic mass is 9.97. The van der Waals surface area contributed by atoms with Gasteiger partial charge < -0.3 is 19.3 Å². The van der Waals surface area contributed by atoms with Gasteiger partial charge in [-0.05, 0) is 0 Å². The van der Waals surface area contributed by atoms with Crippen LogP contribution in [0.5, 0.6) is 0 Å². The second kappa shape index (κ2) is 2.71. The molecule has 1 unspecified atom stereocenters. The molecule has 0 aromatic rings. The molecule has 11 heavy (non-hydrogen) atoms. The van der Waals surface area contributed by atoms with Gasteiger partial charge in [0, 0.05) is 5.92 Å². The minimum atomic E-state index is -0.696. The summed E-state index contributed by atoms with van der Waals surface area (Å²) in [5.74, 6) is 0.0104. The molecule has 4 nitrogen and oxygen atoms in total. The van der Waals surface area contributed by atoms with Crippen molar-refractivity contribution in [2.45, 2.75) is 25.4 Å². The van der Waals surface area contributed by atoms with Crippen LogP contribution in [-0.2, 0) is 14.2 Å². The first kappa shape index (κ1) is 7.49. The summed E-state index contributed by atoms with van der Waals surface area (Å²) in [6.45, 7) is 2.67. The molecule has 64 valence electrons. The molecule has 2 rings (SSSR count). The number of aliphatic hydroxyl groups is 1. The van der Waals surface area contributed by atoms with Crippen molar-refractivity contribution in [2.75, 3.05) is 13.4 Å². The zero-order valence-electron chi connectivity index (χ0n) is 6.40. The Morgan fingerprint density at radius 3 is 2.91 bits per heavy atom. The second-order valence-corrected chi connectivity index (χ2v) is 3.04. The molecular weight excluding hydrogens is 148 g/mol. The summed E-state index contributed by atoms with van der Waals surface area (Å²) in [4.78, 5) is 0. The van der Waals surface area contributed by atoms with E-state index in [1.54, 1.807) is 0 Å². The fraction of sp³-hybridized carbons (Fsp3) is 1.00. The van der Waals surface area contributed by atoms with E-state index in [9.17, 15) is 5.11 Å². The smallest absolute Gasteiger partial charge is 0.159 e. The lowest BCUT2D eigenvalue weighted by Gasteiger charge is -2.32. The topological polar surface area (TPSA) is 47.9 Å². The standard InChI is InChI=1S/C7H12O4/c1-4-6-5(10-3-11-6)2-9-7(4)8/h4-8H,2-3H2,1H3/t4-,5-,6+,7?/m0/s1. The molecule has 0 amide bonds. The highest BCUT2D eigenvalue weighted by atomic mass is 16.7. The van der Waals surface area contributed by atoms with Crippen LogP contribution in [0.3, 0.4) is 0 Å². The van der Waals surface area contributed by atoms with Gasteiger partial charge >= 0.3 is 0 Å². The predicted octanol–water partition coefficient (Wildman–Crippen LogP) is -0.287. The van der Waals surface area contributed by atoms with Gasteiger partial charge in [-0.1, -0.05) is 6.92 Å². The number of hydrogen-bond acceptors (Lipinski definition) is 4. The van der Waals surface area contributed by atoms with Crippen LogP contribution in [0.25, 0.3) is 0 Å². The summed E-state index contributed by atoms with van der Waals surface area (Å²) in [5, 5.41) is 9.27. The van der Waals surface area contributed by atoms with E-state index in [1.165, 1.54) is 0 Å². The summed E-state index contributed by atoms with van der Waals surface area (Å²) < 4.78 is 15.5. The lowest BCUT2D eigenvalue weighted by Crippen LogP contribution is -2.46. The highest BCUT2D eigenvalue weighted by Crippen LogP contribution is 2.28. The number of fused-ring (bicyclic) bond motifs is 1. The van der Waals surface area contributed by atoms with Crippen LogP contribution in [0.4, 0.5) is 0 Å². The van der Waals surface area contributed by atoms with Crippen molar-refractivity contribution in [3.05, 3.63) is 0 Å². The normalized spacial score (nSPS) is 50.7. The monoisotopic (exact) mass is 160 g/mol. The van der Waals surface area contributed by atoms with Gasteiger partial charge in [-0.15, -0.1) is 0 Å². The Morgan fingerprint density at radius 2 is 2.09 bits per heavy atom. The first-order valence-electron chi connectivity index (χ1n) is 3.82. The first-order valence-corrected chi connectivity index (χ1v) is 3.82. The largest absolute Gasteiger partial charge is 0.368 e. The molecule has 1 N–H and O–H groups in total. The molecular formula is C7H12O4. The van der Waals surface area contributed by atoms with Gasteiger partial charge in [0.25, 0.3) is 0 Å². The first-order chi connectivity index (χ1) is 5.29. The molecule has 0 aromatic carbocycles. The SMILES string of the molecule is C[C@@H]1C(O)OC[C@@H]2OCO[C@@H]21. The van der Waals surface area contributed by atoms with Crippen LogP contribution < -0.4 is 0 Å². The van der Waals surface area contributed by atoms with E-state index in [-0.39, 0.29) is 18.1 Å². The third-order valence-electron chi connectivity index (χ3n) is 2.31. The predicted molar refractivity (Wildman–Crippen MR) is 35.7 cm³/mol. The lowest BCUT2D eigenvalue weighted by molar-refractivity contribution is -0.199. The maximum Gasteiger partial charge on any atom is 0.159 e. The van der Waals surface area contributed by atoms with Gasteiger partial charge in [0.15, 0.2) is 6.29 Å². The van der Waals surface area contributed by atoms with E-state index < -0.39 is 6.29 Å². The Hall–Kier alpha value is -0.160. The third kappa shape index (κ3) is 1.16. The Bertz CT molecular complexity index is 149. The molecule has 2 fully saturated rings. The summed E-state index contributed by atoms with van der Waals surface area (Å²) in [6.07, 6.45) is -0.662. The molecule has 0 bridgehead atoms. The highest BCUT2D eigenvalue weighted by molar-refractivity contribution is 4.84. The fourth-order valence-electron chi connectivity index (χ4n) is 1.55. The van der Waals surface area contributed by atoms with Crippen LogP contribution in [0, 0.1) is 5.92 Å². The molecule has 4 heteroatoms. The van der Waals surface area contributed by atoms with E-state index >= 15 is 0 Å². The minimum Gasteiger partial charge on any atom is -0.368 e. The highest BCUT2D eigenvalue weighted by Gasteiger charge is 2.41. The van der Waals surface area contributed by atoms with E-state index in [1.807, 2.05) is 6.92 Å². The molecule has 4 atom stereocenters. The van der Waals surface area contributed by atoms with Gasteiger partial charge in [0.2, 0.25) is 0 Å². The van der Waals surface area contributed by atoms with E-state index in [2.05, 4.69) is 0 Å². The fourth-order valence-corrected chi connectivity index (χ4v) is 1.55. The zero-order chi connectivity index (χ0) is 7.84. The maximum atomic E-state index is 9.27. The Labute approximate surface area is 65.1 Å². The number of hydrogen-bond donors (Lipinski definition) is 1. The molecule has 0 saturated carbocycles. The van der Waals surface area contributed by atoms with Crippen LogP contribution in [-0.4, -0.2) is 37.0 Å². The van der Waals surface area contributed by atoms with Crippen molar-refractivity contribution in [3.63, 3.8) is 0 Å². The van der Waals surface area contributed by atoms with Crippen molar-refractivity contribution >= 4 is 0 Å². The molecule has 0 radical (unpaired) electrons.